The Morgan fingerprint density at radius 3 is 2.70 bits per heavy atom. The standard InChI is InChI=1S/C30H31FN6O3/c1-29(2)18-35(17-20-4-3-5-21(14-20)36-13-10-32-19-36)12-9-30(29,40)24-6-7-25-23(27(24)31)15-22(16-33-25)37-11-8-26(38)34-28(37)39/h3-7,10,13-16,19,40H,8-9,11-12,17-18H2,1-2H3,(H,34,38,39). The molecule has 2 fully saturated rings. The predicted molar refractivity (Wildman–Crippen MR) is 148 cm³/mol. The summed E-state index contributed by atoms with van der Waals surface area (Å²) < 4.78 is 18.1. The second-order valence-corrected chi connectivity index (χ2v) is 11.3. The number of benzene rings is 2. The SMILES string of the molecule is CC1(C)CN(Cc2cccc(-n3ccnc3)c2)CCC1(O)c1ccc2ncc(N3CCC(=O)NC3=O)cc2c1F. The van der Waals surface area contributed by atoms with E-state index in [0.717, 1.165) is 11.3 Å². The number of hydrogen-bond donors (Lipinski definition) is 2. The number of carbonyl (C=O) groups is 2. The van der Waals surface area contributed by atoms with Crippen molar-refractivity contribution in [3.05, 3.63) is 84.3 Å². The molecule has 0 bridgehead atoms. The maximum absolute atomic E-state index is 16.2. The molecule has 2 aromatic carbocycles. The summed E-state index contributed by atoms with van der Waals surface area (Å²) >= 11 is 0. The number of anilines is 1. The van der Waals surface area contributed by atoms with Gasteiger partial charge < -0.3 is 9.67 Å². The van der Waals surface area contributed by atoms with Crippen LogP contribution in [-0.4, -0.2) is 56.1 Å². The number of likely N-dealkylation sites (tertiary alicyclic amines) is 1. The van der Waals surface area contributed by atoms with Gasteiger partial charge in [0.25, 0.3) is 0 Å². The van der Waals surface area contributed by atoms with Crippen LogP contribution in [-0.2, 0) is 16.9 Å². The first-order chi connectivity index (χ1) is 19.1. The predicted octanol–water partition coefficient (Wildman–Crippen LogP) is 4.13. The second-order valence-electron chi connectivity index (χ2n) is 11.3. The molecule has 0 aliphatic carbocycles. The molecule has 2 aromatic heterocycles. The number of pyridine rings is 1. The van der Waals surface area contributed by atoms with Crippen LogP contribution >= 0.6 is 0 Å². The van der Waals surface area contributed by atoms with Gasteiger partial charge in [-0.2, -0.15) is 0 Å². The molecule has 2 N–H and O–H groups in total. The Morgan fingerprint density at radius 1 is 1.10 bits per heavy atom. The Balaban J connectivity index is 1.26. The lowest BCUT2D eigenvalue weighted by Gasteiger charge is -2.50. The van der Waals surface area contributed by atoms with Crippen molar-refractivity contribution in [2.24, 2.45) is 5.41 Å². The molecule has 4 heterocycles. The van der Waals surface area contributed by atoms with Crippen LogP contribution in [0.25, 0.3) is 16.6 Å². The molecule has 6 rings (SSSR count). The minimum Gasteiger partial charge on any atom is -0.384 e. The number of halogens is 1. The lowest BCUT2D eigenvalue weighted by molar-refractivity contribution is -0.128. The zero-order valence-corrected chi connectivity index (χ0v) is 22.5. The van der Waals surface area contributed by atoms with Crippen molar-refractivity contribution in [2.75, 3.05) is 24.5 Å². The monoisotopic (exact) mass is 542 g/mol. The minimum absolute atomic E-state index is 0.157. The average molecular weight is 543 g/mol. The molecule has 2 aliphatic rings. The van der Waals surface area contributed by atoms with Gasteiger partial charge in [0.2, 0.25) is 5.91 Å². The molecule has 0 radical (unpaired) electrons. The molecule has 0 saturated carbocycles. The minimum atomic E-state index is -1.41. The van der Waals surface area contributed by atoms with Crippen LogP contribution < -0.4 is 10.2 Å². The van der Waals surface area contributed by atoms with E-state index in [0.29, 0.717) is 37.3 Å². The number of hydrogen-bond acceptors (Lipinski definition) is 6. The van der Waals surface area contributed by atoms with E-state index in [1.165, 1.54) is 11.1 Å². The van der Waals surface area contributed by atoms with Gasteiger partial charge in [0, 0.05) is 67.0 Å². The lowest BCUT2D eigenvalue weighted by atomic mass is 9.66. The number of urea groups is 1. The number of piperidine rings is 1. The normalized spacial score (nSPS) is 21.6. The van der Waals surface area contributed by atoms with E-state index in [1.54, 1.807) is 30.7 Å². The van der Waals surface area contributed by atoms with Gasteiger partial charge in [-0.25, -0.2) is 14.2 Å². The van der Waals surface area contributed by atoms with Crippen LogP contribution in [0.2, 0.25) is 0 Å². The molecule has 2 saturated heterocycles. The number of rotatable bonds is 5. The number of fused-ring (bicyclic) bond motifs is 1. The summed E-state index contributed by atoms with van der Waals surface area (Å²) in [5.74, 6) is -0.887. The highest BCUT2D eigenvalue weighted by Crippen LogP contribution is 2.48. The van der Waals surface area contributed by atoms with Crippen LogP contribution in [0.1, 0.15) is 37.8 Å². The smallest absolute Gasteiger partial charge is 0.328 e. The van der Waals surface area contributed by atoms with E-state index < -0.39 is 22.9 Å². The van der Waals surface area contributed by atoms with Crippen LogP contribution in [0.3, 0.4) is 0 Å². The molecular formula is C30H31FN6O3. The third-order valence-electron chi connectivity index (χ3n) is 8.24. The Kier molecular flexibility index (Phi) is 6.39. The highest BCUT2D eigenvalue weighted by Gasteiger charge is 2.50. The fraction of sp³-hybridized carbons (Fsp3) is 0.333. The fourth-order valence-electron chi connectivity index (χ4n) is 5.98. The van der Waals surface area contributed by atoms with Crippen molar-refractivity contribution in [1.29, 1.82) is 0 Å². The van der Waals surface area contributed by atoms with Gasteiger partial charge in [-0.3, -0.25) is 24.9 Å². The zero-order chi connectivity index (χ0) is 28.1. The van der Waals surface area contributed by atoms with E-state index in [4.69, 9.17) is 0 Å². The molecule has 0 spiro atoms. The molecule has 3 amide bonds. The molecule has 206 valence electrons. The summed E-state index contributed by atoms with van der Waals surface area (Å²) in [7, 11) is 0. The second kappa shape index (κ2) is 9.79. The molecule has 40 heavy (non-hydrogen) atoms. The average Bonchev–Trinajstić information content (AvgIpc) is 3.46. The summed E-state index contributed by atoms with van der Waals surface area (Å²) in [5.41, 5.74) is 1.14. The van der Waals surface area contributed by atoms with Gasteiger partial charge in [0.1, 0.15) is 5.82 Å². The van der Waals surface area contributed by atoms with Crippen molar-refractivity contribution >= 4 is 28.5 Å². The molecule has 9 nitrogen and oxygen atoms in total. The van der Waals surface area contributed by atoms with Crippen molar-refractivity contribution in [2.45, 2.75) is 38.8 Å². The number of carbonyl (C=O) groups excluding carboxylic acids is 2. The Labute approximate surface area is 231 Å². The van der Waals surface area contributed by atoms with E-state index >= 15 is 4.39 Å². The zero-order valence-electron chi connectivity index (χ0n) is 22.5. The number of amides is 3. The number of imidazole rings is 1. The number of aliphatic hydroxyl groups is 1. The van der Waals surface area contributed by atoms with Crippen molar-refractivity contribution in [3.63, 3.8) is 0 Å². The maximum Gasteiger partial charge on any atom is 0.328 e. The van der Waals surface area contributed by atoms with Gasteiger partial charge >= 0.3 is 6.03 Å². The topological polar surface area (TPSA) is 104 Å². The molecule has 10 heteroatoms. The summed E-state index contributed by atoms with van der Waals surface area (Å²) in [4.78, 5) is 36.0. The van der Waals surface area contributed by atoms with Gasteiger partial charge in [0.15, 0.2) is 0 Å². The molecule has 1 atom stereocenters. The fourth-order valence-corrected chi connectivity index (χ4v) is 5.98. The summed E-state index contributed by atoms with van der Waals surface area (Å²) in [6.07, 6.45) is 7.42. The third kappa shape index (κ3) is 4.52. The Bertz CT molecular complexity index is 1600. The molecular weight excluding hydrogens is 511 g/mol. The molecule has 4 aromatic rings. The van der Waals surface area contributed by atoms with Crippen LogP contribution in [0.4, 0.5) is 14.9 Å². The van der Waals surface area contributed by atoms with E-state index in [9.17, 15) is 14.7 Å². The quantitative estimate of drug-likeness (QED) is 0.393. The largest absolute Gasteiger partial charge is 0.384 e. The van der Waals surface area contributed by atoms with Gasteiger partial charge in [0.05, 0.1) is 29.3 Å². The number of aromatic nitrogens is 3. The van der Waals surface area contributed by atoms with Crippen molar-refractivity contribution in [1.82, 2.24) is 24.8 Å². The Hall–Kier alpha value is -4.15. The van der Waals surface area contributed by atoms with Crippen LogP contribution in [0.15, 0.2) is 67.4 Å². The van der Waals surface area contributed by atoms with E-state index in [-0.39, 0.29) is 29.8 Å². The number of nitrogens with one attached hydrogen (secondary N) is 1. The first-order valence-electron chi connectivity index (χ1n) is 13.4. The maximum atomic E-state index is 16.2. The van der Waals surface area contributed by atoms with Gasteiger partial charge in [-0.05, 0) is 36.2 Å². The Morgan fingerprint density at radius 2 is 1.95 bits per heavy atom. The van der Waals surface area contributed by atoms with Gasteiger partial charge in [-0.1, -0.05) is 32.0 Å². The molecule has 2 aliphatic heterocycles. The number of nitrogens with zero attached hydrogens (tertiary/aromatic N) is 5. The first-order valence-corrected chi connectivity index (χ1v) is 13.4. The third-order valence-corrected chi connectivity index (χ3v) is 8.24. The highest BCUT2D eigenvalue weighted by molar-refractivity contribution is 6.06. The van der Waals surface area contributed by atoms with E-state index in [1.807, 2.05) is 36.7 Å². The first kappa shape index (κ1) is 26.1. The summed E-state index contributed by atoms with van der Waals surface area (Å²) in [5, 5.41) is 14.5. The van der Waals surface area contributed by atoms with Gasteiger partial charge in [-0.15, -0.1) is 0 Å². The van der Waals surface area contributed by atoms with Crippen LogP contribution in [0, 0.1) is 11.2 Å². The van der Waals surface area contributed by atoms with Crippen LogP contribution in [0.5, 0.6) is 0 Å². The van der Waals surface area contributed by atoms with Crippen molar-refractivity contribution in [3.8, 4) is 5.69 Å². The van der Waals surface area contributed by atoms with Crippen molar-refractivity contribution < 1.29 is 19.1 Å². The van der Waals surface area contributed by atoms with E-state index in [2.05, 4.69) is 32.3 Å². The summed E-state index contributed by atoms with van der Waals surface area (Å²) in [6.45, 7) is 5.99. The summed E-state index contributed by atoms with van der Waals surface area (Å²) in [6, 6.07) is 12.6. The highest BCUT2D eigenvalue weighted by atomic mass is 19.1. The number of imide groups is 1. The lowest BCUT2D eigenvalue weighted by Crippen LogP contribution is -2.55. The molecule has 1 unspecified atom stereocenters.